The lowest BCUT2D eigenvalue weighted by Gasteiger charge is -2.29. The van der Waals surface area contributed by atoms with E-state index in [0.717, 1.165) is 5.56 Å². The second-order valence-corrected chi connectivity index (χ2v) is 5.09. The maximum absolute atomic E-state index is 12.3. The molecule has 1 unspecified atom stereocenters. The molecule has 1 aromatic carbocycles. The SMILES string of the molecule is CCC(C)N(CC(=O)O)C(=O)[C@@H](N)Cc1ccc(O)cc1. The summed E-state index contributed by atoms with van der Waals surface area (Å²) in [5.41, 5.74) is 6.72. The first kappa shape index (κ1) is 17.0. The molecule has 2 atom stereocenters. The molecule has 0 aromatic heterocycles. The molecule has 0 aliphatic carbocycles. The number of nitrogens with two attached hydrogens (primary N) is 1. The minimum Gasteiger partial charge on any atom is -0.508 e. The number of hydrogen-bond donors (Lipinski definition) is 3. The molecule has 6 nitrogen and oxygen atoms in total. The summed E-state index contributed by atoms with van der Waals surface area (Å²) in [4.78, 5) is 24.5. The molecule has 0 heterocycles. The number of carboxylic acid groups (broad SMARTS) is 1. The number of carboxylic acids is 1. The fourth-order valence-corrected chi connectivity index (χ4v) is 2.00. The number of aromatic hydroxyl groups is 1. The molecule has 0 fully saturated rings. The van der Waals surface area contributed by atoms with Crippen LogP contribution in [-0.2, 0) is 16.0 Å². The van der Waals surface area contributed by atoms with E-state index in [1.807, 2.05) is 6.92 Å². The summed E-state index contributed by atoms with van der Waals surface area (Å²) in [7, 11) is 0. The van der Waals surface area contributed by atoms with Crippen LogP contribution in [0.2, 0.25) is 0 Å². The Morgan fingerprint density at radius 1 is 1.29 bits per heavy atom. The van der Waals surface area contributed by atoms with E-state index in [1.54, 1.807) is 19.1 Å². The van der Waals surface area contributed by atoms with Gasteiger partial charge in [0.15, 0.2) is 0 Å². The van der Waals surface area contributed by atoms with Crippen LogP contribution in [-0.4, -0.2) is 45.6 Å². The maximum Gasteiger partial charge on any atom is 0.323 e. The number of benzene rings is 1. The largest absolute Gasteiger partial charge is 0.508 e. The van der Waals surface area contributed by atoms with Crippen molar-refractivity contribution in [3.05, 3.63) is 29.8 Å². The van der Waals surface area contributed by atoms with Crippen molar-refractivity contribution < 1.29 is 19.8 Å². The highest BCUT2D eigenvalue weighted by Crippen LogP contribution is 2.13. The Labute approximate surface area is 124 Å². The summed E-state index contributed by atoms with van der Waals surface area (Å²) in [5, 5.41) is 18.1. The molecule has 21 heavy (non-hydrogen) atoms. The number of phenolic OH excluding ortho intramolecular Hbond substituents is 1. The van der Waals surface area contributed by atoms with Crippen LogP contribution in [0.25, 0.3) is 0 Å². The lowest BCUT2D eigenvalue weighted by atomic mass is 10.0. The van der Waals surface area contributed by atoms with Gasteiger partial charge in [0.25, 0.3) is 0 Å². The predicted molar refractivity (Wildman–Crippen MR) is 78.9 cm³/mol. The fraction of sp³-hybridized carbons (Fsp3) is 0.467. The van der Waals surface area contributed by atoms with E-state index in [9.17, 15) is 14.7 Å². The number of hydrogen-bond acceptors (Lipinski definition) is 4. The molecule has 0 spiro atoms. The van der Waals surface area contributed by atoms with Gasteiger partial charge in [0.1, 0.15) is 12.3 Å². The number of carbonyl (C=O) groups is 2. The van der Waals surface area contributed by atoms with E-state index in [4.69, 9.17) is 10.8 Å². The van der Waals surface area contributed by atoms with E-state index in [-0.39, 0.29) is 24.2 Å². The third-order valence-electron chi connectivity index (χ3n) is 3.42. The van der Waals surface area contributed by atoms with Gasteiger partial charge in [-0.3, -0.25) is 9.59 Å². The zero-order valence-electron chi connectivity index (χ0n) is 12.3. The molecule has 0 aliphatic rings. The van der Waals surface area contributed by atoms with Gasteiger partial charge in [0.2, 0.25) is 5.91 Å². The zero-order valence-corrected chi connectivity index (χ0v) is 12.3. The van der Waals surface area contributed by atoms with E-state index in [1.165, 1.54) is 17.0 Å². The van der Waals surface area contributed by atoms with Gasteiger partial charge in [-0.2, -0.15) is 0 Å². The van der Waals surface area contributed by atoms with Gasteiger partial charge in [-0.1, -0.05) is 19.1 Å². The highest BCUT2D eigenvalue weighted by atomic mass is 16.4. The van der Waals surface area contributed by atoms with Crippen molar-refractivity contribution in [3.8, 4) is 5.75 Å². The van der Waals surface area contributed by atoms with Crippen LogP contribution in [0.5, 0.6) is 5.75 Å². The molecule has 0 bridgehead atoms. The van der Waals surface area contributed by atoms with E-state index < -0.39 is 12.0 Å². The minimum atomic E-state index is -1.06. The first-order chi connectivity index (χ1) is 9.85. The Morgan fingerprint density at radius 3 is 2.33 bits per heavy atom. The Bertz CT molecular complexity index is 487. The summed E-state index contributed by atoms with van der Waals surface area (Å²) in [6, 6.07) is 5.44. The minimum absolute atomic E-state index is 0.144. The molecular formula is C15H22N2O4. The number of carbonyl (C=O) groups excluding carboxylic acids is 1. The second-order valence-electron chi connectivity index (χ2n) is 5.09. The van der Waals surface area contributed by atoms with Crippen LogP contribution < -0.4 is 5.73 Å². The molecule has 0 aliphatic heterocycles. The Hall–Kier alpha value is -2.08. The fourth-order valence-electron chi connectivity index (χ4n) is 2.00. The van der Waals surface area contributed by atoms with Crippen molar-refractivity contribution in [2.75, 3.05) is 6.54 Å². The molecule has 6 heteroatoms. The molecule has 1 amide bonds. The first-order valence-corrected chi connectivity index (χ1v) is 6.90. The molecule has 4 N–H and O–H groups in total. The molecule has 0 saturated heterocycles. The quantitative estimate of drug-likeness (QED) is 0.695. The van der Waals surface area contributed by atoms with Gasteiger partial charge >= 0.3 is 5.97 Å². The molecule has 0 radical (unpaired) electrons. The average Bonchev–Trinajstić information content (AvgIpc) is 2.45. The summed E-state index contributed by atoms with van der Waals surface area (Å²) in [6.45, 7) is 3.34. The molecular weight excluding hydrogens is 272 g/mol. The first-order valence-electron chi connectivity index (χ1n) is 6.90. The van der Waals surface area contributed by atoms with Crippen LogP contribution in [0.15, 0.2) is 24.3 Å². The van der Waals surface area contributed by atoms with E-state index in [2.05, 4.69) is 0 Å². The number of phenols is 1. The average molecular weight is 294 g/mol. The van der Waals surface area contributed by atoms with Crippen LogP contribution in [0.1, 0.15) is 25.8 Å². The van der Waals surface area contributed by atoms with Gasteiger partial charge in [0.05, 0.1) is 6.04 Å². The molecule has 1 aromatic rings. The van der Waals surface area contributed by atoms with Gasteiger partial charge in [-0.15, -0.1) is 0 Å². The smallest absolute Gasteiger partial charge is 0.323 e. The van der Waals surface area contributed by atoms with Crippen molar-refractivity contribution in [1.82, 2.24) is 4.90 Å². The van der Waals surface area contributed by atoms with Crippen LogP contribution in [0.4, 0.5) is 0 Å². The van der Waals surface area contributed by atoms with E-state index in [0.29, 0.717) is 12.8 Å². The summed E-state index contributed by atoms with van der Waals surface area (Å²) in [5.74, 6) is -1.29. The van der Waals surface area contributed by atoms with Crippen molar-refractivity contribution in [1.29, 1.82) is 0 Å². The normalized spacial score (nSPS) is 13.5. The third kappa shape index (κ3) is 5.07. The van der Waals surface area contributed by atoms with Crippen molar-refractivity contribution in [2.24, 2.45) is 5.73 Å². The molecule has 1 rings (SSSR count). The summed E-state index contributed by atoms with van der Waals surface area (Å²) < 4.78 is 0. The van der Waals surface area contributed by atoms with Crippen molar-refractivity contribution in [3.63, 3.8) is 0 Å². The van der Waals surface area contributed by atoms with Crippen LogP contribution in [0.3, 0.4) is 0 Å². The number of nitrogens with zero attached hydrogens (tertiary/aromatic N) is 1. The monoisotopic (exact) mass is 294 g/mol. The highest BCUT2D eigenvalue weighted by molar-refractivity contribution is 5.85. The van der Waals surface area contributed by atoms with Crippen molar-refractivity contribution in [2.45, 2.75) is 38.8 Å². The van der Waals surface area contributed by atoms with Gasteiger partial charge in [-0.25, -0.2) is 0 Å². The maximum atomic E-state index is 12.3. The highest BCUT2D eigenvalue weighted by Gasteiger charge is 2.26. The van der Waals surface area contributed by atoms with Gasteiger partial charge < -0.3 is 20.8 Å². The Morgan fingerprint density at radius 2 is 1.86 bits per heavy atom. The van der Waals surface area contributed by atoms with Crippen LogP contribution >= 0.6 is 0 Å². The van der Waals surface area contributed by atoms with E-state index >= 15 is 0 Å². The summed E-state index contributed by atoms with van der Waals surface area (Å²) >= 11 is 0. The summed E-state index contributed by atoms with van der Waals surface area (Å²) in [6.07, 6.45) is 0.955. The standard InChI is InChI=1S/C15H22N2O4/c1-3-10(2)17(9-14(19)20)15(21)13(16)8-11-4-6-12(18)7-5-11/h4-7,10,13,18H,3,8-9,16H2,1-2H3,(H,19,20)/t10?,13-/m0/s1. The zero-order chi connectivity index (χ0) is 16.0. The number of aliphatic carboxylic acids is 1. The lowest BCUT2D eigenvalue weighted by Crippen LogP contribution is -2.50. The molecule has 116 valence electrons. The van der Waals surface area contributed by atoms with Crippen molar-refractivity contribution >= 4 is 11.9 Å². The predicted octanol–water partition coefficient (Wildman–Crippen LogP) is 0.974. The second kappa shape index (κ2) is 7.64. The number of rotatable bonds is 7. The van der Waals surface area contributed by atoms with Crippen LogP contribution in [0, 0.1) is 0 Å². The Kier molecular flexibility index (Phi) is 6.17. The number of amides is 1. The van der Waals surface area contributed by atoms with Gasteiger partial charge in [0, 0.05) is 6.04 Å². The lowest BCUT2D eigenvalue weighted by molar-refractivity contribution is -0.146. The Balaban J connectivity index is 2.77. The van der Waals surface area contributed by atoms with Gasteiger partial charge in [-0.05, 0) is 37.5 Å². The third-order valence-corrected chi connectivity index (χ3v) is 3.42. The topological polar surface area (TPSA) is 104 Å². The molecule has 0 saturated carbocycles.